The Kier molecular flexibility index (Phi) is 5.64. The minimum absolute atomic E-state index is 0.218. The molecule has 0 N–H and O–H groups in total. The molecule has 0 saturated carbocycles. The summed E-state index contributed by atoms with van der Waals surface area (Å²) < 4.78 is 6.34. The topological polar surface area (TPSA) is 75.6 Å². The largest absolute Gasteiger partial charge is 0.448 e. The van der Waals surface area contributed by atoms with Gasteiger partial charge in [0, 0.05) is 48.7 Å². The second kappa shape index (κ2) is 8.34. The van der Waals surface area contributed by atoms with E-state index >= 15 is 0 Å². The number of carbonyl (C=O) groups is 2. The van der Waals surface area contributed by atoms with E-state index in [0.717, 1.165) is 10.1 Å². The molecule has 4 rings (SSSR count). The zero-order chi connectivity index (χ0) is 20.4. The van der Waals surface area contributed by atoms with Crippen molar-refractivity contribution in [2.24, 2.45) is 0 Å². The van der Waals surface area contributed by atoms with Gasteiger partial charge in [0.1, 0.15) is 4.88 Å². The van der Waals surface area contributed by atoms with E-state index in [1.807, 2.05) is 29.2 Å². The number of fused-ring (bicyclic) bond motifs is 1. The maximum absolute atomic E-state index is 12.7. The highest BCUT2D eigenvalue weighted by atomic mass is 35.5. The van der Waals surface area contributed by atoms with Crippen LogP contribution in [0.3, 0.4) is 0 Å². The van der Waals surface area contributed by atoms with Gasteiger partial charge in [0.05, 0.1) is 5.02 Å². The van der Waals surface area contributed by atoms with Gasteiger partial charge in [0.25, 0.3) is 5.91 Å². The molecule has 7 nitrogen and oxygen atoms in total. The molecular formula is C20H19ClN4O3S. The number of hydrogen-bond donors (Lipinski definition) is 0. The van der Waals surface area contributed by atoms with Crippen LogP contribution in [0.25, 0.3) is 10.1 Å². The first-order valence-corrected chi connectivity index (χ1v) is 10.4. The lowest BCUT2D eigenvalue weighted by Gasteiger charge is -2.35. The summed E-state index contributed by atoms with van der Waals surface area (Å²) >= 11 is 7.60. The van der Waals surface area contributed by atoms with E-state index in [-0.39, 0.29) is 5.91 Å². The third kappa shape index (κ3) is 4.04. The lowest BCUT2D eigenvalue weighted by Crippen LogP contribution is -2.52. The molecule has 1 fully saturated rings. The lowest BCUT2D eigenvalue weighted by molar-refractivity contribution is -0.140. The van der Waals surface area contributed by atoms with Crippen LogP contribution in [0, 0.1) is 0 Å². The Bertz CT molecular complexity index is 1030. The molecule has 0 spiro atoms. The normalized spacial score (nSPS) is 15.4. The first-order chi connectivity index (χ1) is 14.0. The molecule has 1 amide bonds. The van der Waals surface area contributed by atoms with E-state index in [4.69, 9.17) is 16.3 Å². The predicted molar refractivity (Wildman–Crippen MR) is 113 cm³/mol. The fourth-order valence-corrected chi connectivity index (χ4v) is 4.64. The molecule has 3 heterocycles. The molecule has 29 heavy (non-hydrogen) atoms. The fourth-order valence-electron chi connectivity index (χ4n) is 3.25. The van der Waals surface area contributed by atoms with Crippen LogP contribution in [-0.4, -0.2) is 59.0 Å². The first-order valence-electron chi connectivity index (χ1n) is 9.23. The molecule has 1 atom stereocenters. The molecule has 0 radical (unpaired) electrons. The standard InChI is InChI=1S/C20H19ClN4O3S/c1-13(28-19(27)17-16(21)14-5-2-3-6-15(14)29-17)18(26)24-9-11-25(12-10-24)20-22-7-4-8-23-20/h2-8,13H,9-12H2,1H3. The van der Waals surface area contributed by atoms with Gasteiger partial charge in [-0.05, 0) is 19.1 Å². The van der Waals surface area contributed by atoms with Gasteiger partial charge in [-0.1, -0.05) is 29.8 Å². The average Bonchev–Trinajstić information content (AvgIpc) is 3.11. The van der Waals surface area contributed by atoms with Crippen molar-refractivity contribution in [2.75, 3.05) is 31.1 Å². The second-order valence-electron chi connectivity index (χ2n) is 6.65. The van der Waals surface area contributed by atoms with Gasteiger partial charge in [-0.15, -0.1) is 11.3 Å². The van der Waals surface area contributed by atoms with Crippen LogP contribution in [-0.2, 0) is 9.53 Å². The fraction of sp³-hybridized carbons (Fsp3) is 0.300. The van der Waals surface area contributed by atoms with Crippen LogP contribution in [0.4, 0.5) is 5.95 Å². The van der Waals surface area contributed by atoms with E-state index in [0.29, 0.717) is 42.0 Å². The lowest BCUT2D eigenvalue weighted by atomic mass is 10.2. The molecule has 9 heteroatoms. The van der Waals surface area contributed by atoms with Crippen molar-refractivity contribution in [3.05, 3.63) is 52.6 Å². The van der Waals surface area contributed by atoms with E-state index in [9.17, 15) is 9.59 Å². The van der Waals surface area contributed by atoms with E-state index in [1.54, 1.807) is 30.3 Å². The van der Waals surface area contributed by atoms with Crippen molar-refractivity contribution in [2.45, 2.75) is 13.0 Å². The summed E-state index contributed by atoms with van der Waals surface area (Å²) in [6.07, 6.45) is 2.50. The van der Waals surface area contributed by atoms with Crippen molar-refractivity contribution in [1.82, 2.24) is 14.9 Å². The van der Waals surface area contributed by atoms with Crippen molar-refractivity contribution < 1.29 is 14.3 Å². The maximum atomic E-state index is 12.7. The number of nitrogens with zero attached hydrogens (tertiary/aromatic N) is 4. The molecule has 1 aliphatic heterocycles. The number of amides is 1. The van der Waals surface area contributed by atoms with E-state index in [2.05, 4.69) is 9.97 Å². The monoisotopic (exact) mass is 430 g/mol. The number of carbonyl (C=O) groups excluding carboxylic acids is 2. The Morgan fingerprint density at radius 3 is 2.48 bits per heavy atom. The molecule has 2 aromatic heterocycles. The van der Waals surface area contributed by atoms with Gasteiger partial charge in [-0.25, -0.2) is 14.8 Å². The summed E-state index contributed by atoms with van der Waals surface area (Å²) in [5.74, 6) is -0.143. The smallest absolute Gasteiger partial charge is 0.350 e. The third-order valence-electron chi connectivity index (χ3n) is 4.78. The summed E-state index contributed by atoms with van der Waals surface area (Å²) in [6.45, 7) is 3.87. The Morgan fingerprint density at radius 2 is 1.79 bits per heavy atom. The molecule has 0 bridgehead atoms. The number of ether oxygens (including phenoxy) is 1. The van der Waals surface area contributed by atoms with Gasteiger partial charge in [0.2, 0.25) is 5.95 Å². The Morgan fingerprint density at radius 1 is 1.10 bits per heavy atom. The minimum atomic E-state index is -0.886. The molecule has 150 valence electrons. The highest BCUT2D eigenvalue weighted by molar-refractivity contribution is 7.21. The van der Waals surface area contributed by atoms with Crippen molar-refractivity contribution >= 4 is 50.8 Å². The number of rotatable bonds is 4. The van der Waals surface area contributed by atoms with Gasteiger partial charge >= 0.3 is 5.97 Å². The second-order valence-corrected chi connectivity index (χ2v) is 8.08. The number of benzene rings is 1. The van der Waals surface area contributed by atoms with Crippen molar-refractivity contribution in [1.29, 1.82) is 0 Å². The summed E-state index contributed by atoms with van der Waals surface area (Å²) in [5, 5.41) is 1.18. The minimum Gasteiger partial charge on any atom is -0.448 e. The van der Waals surface area contributed by atoms with Crippen LogP contribution < -0.4 is 4.90 Å². The van der Waals surface area contributed by atoms with Crippen molar-refractivity contribution in [3.8, 4) is 0 Å². The maximum Gasteiger partial charge on any atom is 0.350 e. The summed E-state index contributed by atoms with van der Waals surface area (Å²) in [6, 6.07) is 9.27. The van der Waals surface area contributed by atoms with Crippen LogP contribution in [0.1, 0.15) is 16.6 Å². The van der Waals surface area contributed by atoms with Gasteiger partial charge in [-0.2, -0.15) is 0 Å². The number of thiophene rings is 1. The number of halogens is 1. The number of aromatic nitrogens is 2. The SMILES string of the molecule is CC(OC(=O)c1sc2ccccc2c1Cl)C(=O)N1CCN(c2ncccn2)CC1. The summed E-state index contributed by atoms with van der Waals surface area (Å²) in [4.78, 5) is 37.8. The third-order valence-corrected chi connectivity index (χ3v) is 6.43. The van der Waals surface area contributed by atoms with Gasteiger partial charge in [0.15, 0.2) is 6.10 Å². The van der Waals surface area contributed by atoms with Crippen LogP contribution in [0.15, 0.2) is 42.7 Å². The Balaban J connectivity index is 1.37. The molecule has 1 saturated heterocycles. The first kappa shape index (κ1) is 19.6. The highest BCUT2D eigenvalue weighted by Crippen LogP contribution is 2.35. The molecule has 3 aromatic rings. The quantitative estimate of drug-likeness (QED) is 0.591. The van der Waals surface area contributed by atoms with Crippen LogP contribution >= 0.6 is 22.9 Å². The number of anilines is 1. The van der Waals surface area contributed by atoms with Crippen molar-refractivity contribution in [3.63, 3.8) is 0 Å². The predicted octanol–water partition coefficient (Wildman–Crippen LogP) is 3.24. The Labute approximate surface area is 176 Å². The molecule has 0 aliphatic carbocycles. The summed E-state index contributed by atoms with van der Waals surface area (Å²) in [5.41, 5.74) is 0. The average molecular weight is 431 g/mol. The zero-order valence-corrected chi connectivity index (χ0v) is 17.3. The summed E-state index contributed by atoms with van der Waals surface area (Å²) in [7, 11) is 0. The number of esters is 1. The van der Waals surface area contributed by atoms with Crippen LogP contribution in [0.2, 0.25) is 5.02 Å². The molecule has 1 unspecified atom stereocenters. The highest BCUT2D eigenvalue weighted by Gasteiger charge is 2.29. The molecular weight excluding hydrogens is 412 g/mol. The van der Waals surface area contributed by atoms with Gasteiger partial charge < -0.3 is 14.5 Å². The zero-order valence-electron chi connectivity index (χ0n) is 15.7. The molecule has 1 aromatic carbocycles. The van der Waals surface area contributed by atoms with E-state index in [1.165, 1.54) is 11.3 Å². The molecule has 1 aliphatic rings. The Hall–Kier alpha value is -2.71. The number of piperazine rings is 1. The van der Waals surface area contributed by atoms with Gasteiger partial charge in [-0.3, -0.25) is 4.79 Å². The van der Waals surface area contributed by atoms with Crippen LogP contribution in [0.5, 0.6) is 0 Å². The van der Waals surface area contributed by atoms with E-state index < -0.39 is 12.1 Å². The number of hydrogen-bond acceptors (Lipinski definition) is 7.